The Morgan fingerprint density at radius 3 is 2.31 bits per heavy atom. The highest BCUT2D eigenvalue weighted by Crippen LogP contribution is 2.47. The molecule has 1 aromatic heterocycles. The van der Waals surface area contributed by atoms with E-state index in [1.807, 2.05) is 12.1 Å². The van der Waals surface area contributed by atoms with Crippen molar-refractivity contribution in [3.05, 3.63) is 114 Å². The van der Waals surface area contributed by atoms with Crippen LogP contribution >= 0.6 is 0 Å². The molecule has 0 spiro atoms. The highest BCUT2D eigenvalue weighted by Gasteiger charge is 2.34. The Hall–Kier alpha value is -4.04. The van der Waals surface area contributed by atoms with Gasteiger partial charge in [0.25, 0.3) is 0 Å². The Kier molecular flexibility index (Phi) is 4.93. The van der Waals surface area contributed by atoms with Gasteiger partial charge in [-0.25, -0.2) is 0 Å². The van der Waals surface area contributed by atoms with Crippen molar-refractivity contribution in [1.82, 2.24) is 0 Å². The van der Waals surface area contributed by atoms with Crippen molar-refractivity contribution >= 4 is 38.9 Å². The molecule has 5 aromatic rings. The highest BCUT2D eigenvalue weighted by molar-refractivity contribution is 6.09. The van der Waals surface area contributed by atoms with Crippen LogP contribution < -0.4 is 5.32 Å². The molecule has 1 aliphatic rings. The minimum absolute atomic E-state index is 0.00125. The first kappa shape index (κ1) is 21.5. The van der Waals surface area contributed by atoms with Gasteiger partial charge in [0.1, 0.15) is 11.2 Å². The molecule has 1 heterocycles. The van der Waals surface area contributed by atoms with Crippen molar-refractivity contribution in [2.45, 2.75) is 33.1 Å². The van der Waals surface area contributed by atoms with E-state index in [0.717, 1.165) is 44.4 Å². The summed E-state index contributed by atoms with van der Waals surface area (Å²) in [5.74, 6) is 0. The molecule has 0 aliphatic heterocycles. The second kappa shape index (κ2) is 8.02. The number of hydrogen-bond donors (Lipinski definition) is 1. The average molecular weight is 456 g/mol. The lowest BCUT2D eigenvalue weighted by atomic mass is 9.81. The molecule has 0 unspecified atom stereocenters. The molecule has 0 amide bonds. The summed E-state index contributed by atoms with van der Waals surface area (Å²) in [5.41, 5.74) is 11.8. The van der Waals surface area contributed by atoms with Crippen molar-refractivity contribution in [3.8, 4) is 11.1 Å². The molecule has 1 aliphatic carbocycles. The van der Waals surface area contributed by atoms with Gasteiger partial charge in [-0.2, -0.15) is 0 Å². The van der Waals surface area contributed by atoms with Crippen molar-refractivity contribution in [2.75, 3.05) is 5.32 Å². The summed E-state index contributed by atoms with van der Waals surface area (Å²) in [4.78, 5) is 0. The van der Waals surface area contributed by atoms with Crippen LogP contribution in [-0.4, -0.2) is 0 Å². The first-order chi connectivity index (χ1) is 17.0. The van der Waals surface area contributed by atoms with Gasteiger partial charge in [0.2, 0.25) is 0 Å². The van der Waals surface area contributed by atoms with Crippen molar-refractivity contribution in [2.24, 2.45) is 0 Å². The Labute approximate surface area is 206 Å². The number of allylic oxidation sites excluding steroid dienone is 4. The molecule has 172 valence electrons. The molecule has 2 heteroatoms. The van der Waals surface area contributed by atoms with Gasteiger partial charge >= 0.3 is 0 Å². The largest absolute Gasteiger partial charge is 0.455 e. The molecule has 0 fully saturated rings. The fraction of sp³-hybridized carbons (Fsp3) is 0.152. The van der Waals surface area contributed by atoms with Crippen LogP contribution in [0.1, 0.15) is 38.8 Å². The molecular weight excluding hydrogens is 426 g/mol. The average Bonchev–Trinajstić information content (AvgIpc) is 3.34. The van der Waals surface area contributed by atoms with E-state index in [9.17, 15) is 0 Å². The molecule has 4 aromatic carbocycles. The van der Waals surface area contributed by atoms with E-state index in [2.05, 4.69) is 118 Å². The topological polar surface area (TPSA) is 25.2 Å². The molecule has 0 atom stereocenters. The van der Waals surface area contributed by atoms with Gasteiger partial charge in [-0.05, 0) is 72.0 Å². The van der Waals surface area contributed by atoms with Crippen LogP contribution in [0.15, 0.2) is 107 Å². The number of para-hydroxylation sites is 2. The summed E-state index contributed by atoms with van der Waals surface area (Å²) < 4.78 is 6.24. The lowest BCUT2D eigenvalue weighted by Crippen LogP contribution is -2.16. The number of anilines is 2. The quantitative estimate of drug-likeness (QED) is 0.292. The van der Waals surface area contributed by atoms with Crippen molar-refractivity contribution in [1.29, 1.82) is 0 Å². The molecule has 1 N–H and O–H groups in total. The summed E-state index contributed by atoms with van der Waals surface area (Å²) >= 11 is 0. The number of benzene rings is 4. The van der Waals surface area contributed by atoms with Gasteiger partial charge in [-0.3, -0.25) is 0 Å². The van der Waals surface area contributed by atoms with E-state index < -0.39 is 0 Å². The number of nitrogens with one attached hydrogen (secondary N) is 1. The van der Waals surface area contributed by atoms with E-state index in [0.29, 0.717) is 0 Å². The fourth-order valence-corrected chi connectivity index (χ4v) is 5.60. The van der Waals surface area contributed by atoms with E-state index in [-0.39, 0.29) is 5.41 Å². The lowest BCUT2D eigenvalue weighted by Gasteiger charge is -2.23. The zero-order valence-corrected chi connectivity index (χ0v) is 20.6. The summed E-state index contributed by atoms with van der Waals surface area (Å²) in [7, 11) is 0. The van der Waals surface area contributed by atoms with Gasteiger partial charge in [0.05, 0.1) is 0 Å². The molecular formula is C33H29NO. The Bertz CT molecular complexity index is 1640. The van der Waals surface area contributed by atoms with Crippen LogP contribution in [0.4, 0.5) is 11.4 Å². The van der Waals surface area contributed by atoms with Gasteiger partial charge in [0.15, 0.2) is 0 Å². The minimum Gasteiger partial charge on any atom is -0.455 e. The van der Waals surface area contributed by atoms with Crippen molar-refractivity contribution in [3.63, 3.8) is 0 Å². The monoisotopic (exact) mass is 455 g/mol. The van der Waals surface area contributed by atoms with Gasteiger partial charge in [-0.15, -0.1) is 0 Å². The molecule has 35 heavy (non-hydrogen) atoms. The maximum Gasteiger partial charge on any atom is 0.143 e. The smallest absolute Gasteiger partial charge is 0.143 e. The molecule has 0 radical (unpaired) electrons. The van der Waals surface area contributed by atoms with E-state index in [4.69, 9.17) is 4.42 Å². The van der Waals surface area contributed by atoms with Gasteiger partial charge in [-0.1, -0.05) is 80.6 Å². The summed E-state index contributed by atoms with van der Waals surface area (Å²) in [6.07, 6.45) is 4.39. The first-order valence-electron chi connectivity index (χ1n) is 12.2. The molecule has 2 nitrogen and oxygen atoms in total. The highest BCUT2D eigenvalue weighted by atomic mass is 16.3. The predicted molar refractivity (Wildman–Crippen MR) is 149 cm³/mol. The van der Waals surface area contributed by atoms with E-state index in [1.165, 1.54) is 22.3 Å². The maximum atomic E-state index is 6.24. The standard InChI is InChI=1S/C33H29NO/c1-5-9-29-21(2)25-19-18-24(20-30(25)33(29,3)4)34-23-16-14-22(15-17-23)26-11-8-12-28-27-10-6-7-13-31(27)35-32(26)28/h5-20,34H,1-4H3/b9-5-. The molecule has 0 bridgehead atoms. The third kappa shape index (κ3) is 3.40. The minimum atomic E-state index is -0.00125. The van der Waals surface area contributed by atoms with Gasteiger partial charge < -0.3 is 9.73 Å². The normalized spacial score (nSPS) is 14.9. The number of fused-ring (bicyclic) bond motifs is 4. The van der Waals surface area contributed by atoms with Gasteiger partial charge in [0, 0.05) is 33.1 Å². The zero-order chi connectivity index (χ0) is 24.2. The number of furan rings is 1. The summed E-state index contributed by atoms with van der Waals surface area (Å²) in [6, 6.07) is 29.9. The Balaban J connectivity index is 1.31. The Morgan fingerprint density at radius 2 is 1.51 bits per heavy atom. The van der Waals surface area contributed by atoms with Crippen LogP contribution in [0.5, 0.6) is 0 Å². The zero-order valence-electron chi connectivity index (χ0n) is 20.6. The SMILES string of the molecule is C/C=C\C1=C(C)c2ccc(Nc3ccc(-c4cccc5c4oc4ccccc45)cc3)cc2C1(C)C. The lowest BCUT2D eigenvalue weighted by molar-refractivity contribution is 0.654. The van der Waals surface area contributed by atoms with Crippen LogP contribution in [0.3, 0.4) is 0 Å². The van der Waals surface area contributed by atoms with Crippen LogP contribution in [0.2, 0.25) is 0 Å². The van der Waals surface area contributed by atoms with E-state index >= 15 is 0 Å². The Morgan fingerprint density at radius 1 is 0.771 bits per heavy atom. The summed E-state index contributed by atoms with van der Waals surface area (Å²) in [6.45, 7) is 8.95. The van der Waals surface area contributed by atoms with Crippen LogP contribution in [0.25, 0.3) is 38.6 Å². The third-order valence-corrected chi connectivity index (χ3v) is 7.40. The number of rotatable bonds is 4. The summed E-state index contributed by atoms with van der Waals surface area (Å²) in [5, 5.41) is 5.92. The predicted octanol–water partition coefficient (Wildman–Crippen LogP) is 9.64. The van der Waals surface area contributed by atoms with Crippen molar-refractivity contribution < 1.29 is 4.42 Å². The van der Waals surface area contributed by atoms with Crippen LogP contribution in [-0.2, 0) is 5.41 Å². The third-order valence-electron chi connectivity index (χ3n) is 7.40. The number of hydrogen-bond acceptors (Lipinski definition) is 2. The molecule has 6 rings (SSSR count). The second-order valence-corrected chi connectivity index (χ2v) is 9.91. The molecule has 0 saturated carbocycles. The second-order valence-electron chi connectivity index (χ2n) is 9.91. The molecule has 0 saturated heterocycles. The first-order valence-corrected chi connectivity index (χ1v) is 12.2. The van der Waals surface area contributed by atoms with E-state index in [1.54, 1.807) is 0 Å². The van der Waals surface area contributed by atoms with Crippen LogP contribution in [0, 0.1) is 0 Å². The maximum absolute atomic E-state index is 6.24. The fourth-order valence-electron chi connectivity index (χ4n) is 5.60.